The van der Waals surface area contributed by atoms with Crippen LogP contribution in [0.15, 0.2) is 218 Å². The van der Waals surface area contributed by atoms with E-state index in [2.05, 4.69) is 233 Å². The number of rotatable bonds is 5. The molecule has 0 saturated carbocycles. The zero-order valence-electron chi connectivity index (χ0n) is 33.1. The molecule has 1 aromatic heterocycles. The lowest BCUT2D eigenvalue weighted by molar-refractivity contribution is 0.488. The minimum atomic E-state index is -0.0498. The Kier molecular flexibility index (Phi) is 7.37. The highest BCUT2D eigenvalue weighted by atomic mass is 16.5. The lowest BCUT2D eigenvalue weighted by atomic mass is 9.33. The van der Waals surface area contributed by atoms with Gasteiger partial charge in [0, 0.05) is 50.6 Å². The summed E-state index contributed by atoms with van der Waals surface area (Å²) in [7, 11) is 0. The van der Waals surface area contributed by atoms with Crippen LogP contribution in [0, 0.1) is 0 Å². The Morgan fingerprint density at radius 3 is 1.75 bits per heavy atom. The van der Waals surface area contributed by atoms with Crippen molar-refractivity contribution in [1.29, 1.82) is 0 Å². The minimum Gasteiger partial charge on any atom is -0.458 e. The molecule has 0 amide bonds. The van der Waals surface area contributed by atoms with Gasteiger partial charge >= 0.3 is 0 Å². The van der Waals surface area contributed by atoms with Crippen molar-refractivity contribution in [2.45, 2.75) is 0 Å². The predicted octanol–water partition coefficient (Wildman–Crippen LogP) is 13.0. The van der Waals surface area contributed by atoms with E-state index in [1.165, 1.54) is 54.4 Å². The van der Waals surface area contributed by atoms with Crippen molar-refractivity contribution < 1.29 is 4.74 Å². The van der Waals surface area contributed by atoms with E-state index in [4.69, 9.17) is 4.74 Å². The van der Waals surface area contributed by atoms with Crippen LogP contribution in [0.3, 0.4) is 0 Å². The van der Waals surface area contributed by atoms with Crippen LogP contribution < -0.4 is 30.9 Å². The zero-order chi connectivity index (χ0) is 40.0. The number of para-hydroxylation sites is 4. The number of fused-ring (bicyclic) bond motifs is 10. The van der Waals surface area contributed by atoms with Gasteiger partial charge in [-0.05, 0) is 141 Å². The molecule has 0 aliphatic carbocycles. The summed E-state index contributed by atoms with van der Waals surface area (Å²) in [6.07, 6.45) is 0. The van der Waals surface area contributed by atoms with Crippen LogP contribution in [0.1, 0.15) is 0 Å². The van der Waals surface area contributed by atoms with Crippen molar-refractivity contribution in [3.8, 4) is 17.2 Å². The van der Waals surface area contributed by atoms with E-state index in [1.54, 1.807) is 0 Å². The molecule has 0 unspecified atom stereocenters. The van der Waals surface area contributed by atoms with Gasteiger partial charge in [-0.25, -0.2) is 0 Å². The minimum absolute atomic E-state index is 0.0498. The molecular formula is C56H36BN3O. The van der Waals surface area contributed by atoms with Crippen molar-refractivity contribution in [2.75, 3.05) is 9.80 Å². The molecular weight excluding hydrogens is 741 g/mol. The van der Waals surface area contributed by atoms with E-state index < -0.39 is 0 Å². The molecule has 11 aromatic rings. The monoisotopic (exact) mass is 777 g/mol. The molecule has 2 aliphatic heterocycles. The van der Waals surface area contributed by atoms with Crippen molar-refractivity contribution in [1.82, 2.24) is 4.57 Å². The fourth-order valence-corrected chi connectivity index (χ4v) is 10.1. The first-order valence-electron chi connectivity index (χ1n) is 21.0. The lowest BCUT2D eigenvalue weighted by Crippen LogP contribution is -2.59. The van der Waals surface area contributed by atoms with Crippen LogP contribution in [0.2, 0.25) is 0 Å². The lowest BCUT2D eigenvalue weighted by Gasteiger charge is -2.40. The molecule has 0 radical (unpaired) electrons. The fourth-order valence-electron chi connectivity index (χ4n) is 10.1. The largest absolute Gasteiger partial charge is 0.458 e. The number of ether oxygens (including phenoxy) is 1. The second kappa shape index (κ2) is 13.3. The molecule has 61 heavy (non-hydrogen) atoms. The Balaban J connectivity index is 1.07. The number of hydrogen-bond donors (Lipinski definition) is 0. The molecule has 0 saturated heterocycles. The van der Waals surface area contributed by atoms with Crippen LogP contribution in [-0.2, 0) is 0 Å². The van der Waals surface area contributed by atoms with Gasteiger partial charge in [-0.15, -0.1) is 0 Å². The third kappa shape index (κ3) is 5.14. The van der Waals surface area contributed by atoms with Crippen LogP contribution >= 0.6 is 0 Å². The molecule has 0 N–H and O–H groups in total. The first kappa shape index (κ1) is 33.9. The maximum Gasteiger partial charge on any atom is 0.257 e. The second-order valence-electron chi connectivity index (χ2n) is 16.1. The van der Waals surface area contributed by atoms with E-state index >= 15 is 0 Å². The van der Waals surface area contributed by atoms with Gasteiger partial charge in [-0.3, -0.25) is 0 Å². The highest BCUT2D eigenvalue weighted by molar-refractivity contribution is 7.00. The Labute approximate surface area is 353 Å². The van der Waals surface area contributed by atoms with Gasteiger partial charge in [0.15, 0.2) is 0 Å². The molecule has 0 atom stereocenters. The zero-order valence-corrected chi connectivity index (χ0v) is 33.1. The first-order chi connectivity index (χ1) is 30.3. The van der Waals surface area contributed by atoms with Gasteiger partial charge in [0.1, 0.15) is 11.5 Å². The average molecular weight is 778 g/mol. The number of hydrogen-bond acceptors (Lipinski definition) is 3. The van der Waals surface area contributed by atoms with Crippen molar-refractivity contribution >= 4 is 101 Å². The predicted molar refractivity (Wildman–Crippen MR) is 256 cm³/mol. The first-order valence-corrected chi connectivity index (χ1v) is 21.0. The second-order valence-corrected chi connectivity index (χ2v) is 16.1. The summed E-state index contributed by atoms with van der Waals surface area (Å²) in [6, 6.07) is 79.0. The number of aromatic nitrogens is 1. The van der Waals surface area contributed by atoms with Crippen molar-refractivity contribution in [2.24, 2.45) is 0 Å². The van der Waals surface area contributed by atoms with Gasteiger partial charge in [-0.1, -0.05) is 115 Å². The summed E-state index contributed by atoms with van der Waals surface area (Å²) in [6.45, 7) is -0.0498. The van der Waals surface area contributed by atoms with Gasteiger partial charge in [0.25, 0.3) is 6.71 Å². The van der Waals surface area contributed by atoms with Gasteiger partial charge in [0.05, 0.1) is 11.0 Å². The number of anilines is 6. The highest BCUT2D eigenvalue weighted by Crippen LogP contribution is 2.44. The summed E-state index contributed by atoms with van der Waals surface area (Å²) >= 11 is 0. The van der Waals surface area contributed by atoms with Crippen LogP contribution in [0.4, 0.5) is 34.1 Å². The maximum atomic E-state index is 7.08. The Morgan fingerprint density at radius 1 is 0.377 bits per heavy atom. The standard InChI is InChI=1S/C56H36BN3O/c1-5-17-40(18-6-1)58(41-19-7-2-8-20-41)44-30-28-38-33-46-47-35-54-48(36-52(47)60(43-23-11-4-12-24-43)51(46)34-39(38)32-44)57-55-45-25-14-13-16-37(45)29-31-50(55)59(42-21-9-3-10-22-42)49-26-15-27-53(61-54)56(49)57/h1-36H. The Morgan fingerprint density at radius 2 is 1.00 bits per heavy atom. The van der Waals surface area contributed by atoms with Gasteiger partial charge in [-0.2, -0.15) is 0 Å². The summed E-state index contributed by atoms with van der Waals surface area (Å²) in [5, 5.41) is 7.20. The molecule has 4 nitrogen and oxygen atoms in total. The molecule has 0 bridgehead atoms. The van der Waals surface area contributed by atoms with Crippen molar-refractivity contribution in [3.63, 3.8) is 0 Å². The molecule has 0 fully saturated rings. The normalized spacial score (nSPS) is 12.7. The van der Waals surface area contributed by atoms with Crippen LogP contribution in [0.5, 0.6) is 11.5 Å². The summed E-state index contributed by atoms with van der Waals surface area (Å²) in [4.78, 5) is 4.75. The quantitative estimate of drug-likeness (QED) is 0.162. The number of benzene rings is 10. The maximum absolute atomic E-state index is 7.08. The highest BCUT2D eigenvalue weighted by Gasteiger charge is 2.43. The summed E-state index contributed by atoms with van der Waals surface area (Å²) < 4.78 is 9.53. The van der Waals surface area contributed by atoms with E-state index in [9.17, 15) is 0 Å². The fraction of sp³-hybridized carbons (Fsp3) is 0. The Bertz CT molecular complexity index is 3480. The molecule has 5 heteroatoms. The third-order valence-corrected chi connectivity index (χ3v) is 12.7. The molecule has 10 aromatic carbocycles. The van der Waals surface area contributed by atoms with E-state index in [0.29, 0.717) is 0 Å². The Hall–Kier alpha value is -8.02. The van der Waals surface area contributed by atoms with E-state index in [0.717, 1.165) is 56.7 Å². The summed E-state index contributed by atoms with van der Waals surface area (Å²) in [5.74, 6) is 1.80. The average Bonchev–Trinajstić information content (AvgIpc) is 3.62. The van der Waals surface area contributed by atoms with Crippen LogP contribution in [0.25, 0.3) is 49.0 Å². The molecule has 2 aliphatic rings. The molecule has 3 heterocycles. The van der Waals surface area contributed by atoms with E-state index in [1.807, 2.05) is 0 Å². The molecule has 0 spiro atoms. The van der Waals surface area contributed by atoms with Gasteiger partial charge in [0.2, 0.25) is 0 Å². The third-order valence-electron chi connectivity index (χ3n) is 12.7. The molecule has 284 valence electrons. The van der Waals surface area contributed by atoms with E-state index in [-0.39, 0.29) is 6.71 Å². The summed E-state index contributed by atoms with van der Waals surface area (Å²) in [5.41, 5.74) is 13.9. The SMILES string of the molecule is c1ccc(N(c2ccccc2)c2ccc3cc4c5cc6c(cc5n(-c5ccccc5)c4cc3c2)B2c3c(cccc3N(c3ccccc3)c3ccc4ccccc4c32)O6)cc1. The number of nitrogens with zero attached hydrogens (tertiary/aromatic N) is 3. The molecule has 13 rings (SSSR count). The van der Waals surface area contributed by atoms with Crippen LogP contribution in [-0.4, -0.2) is 11.3 Å². The topological polar surface area (TPSA) is 20.6 Å². The van der Waals surface area contributed by atoms with Gasteiger partial charge < -0.3 is 19.1 Å². The van der Waals surface area contributed by atoms with Crippen molar-refractivity contribution in [3.05, 3.63) is 218 Å². The smallest absolute Gasteiger partial charge is 0.257 e.